The van der Waals surface area contributed by atoms with Gasteiger partial charge in [-0.25, -0.2) is 0 Å². The molecule has 2 fully saturated rings. The molecular weight excluding hydrogens is 232 g/mol. The highest BCUT2D eigenvalue weighted by atomic mass is 15.1. The van der Waals surface area contributed by atoms with Gasteiger partial charge in [0.2, 0.25) is 0 Å². The predicted molar refractivity (Wildman–Crippen MR) is 83.6 cm³/mol. The Morgan fingerprint density at radius 2 is 1.68 bits per heavy atom. The minimum absolute atomic E-state index is 0.573. The number of hydrogen-bond acceptors (Lipinski definition) is 2. The van der Waals surface area contributed by atoms with Gasteiger partial charge in [0.25, 0.3) is 0 Å². The smallest absolute Gasteiger partial charge is 0.0107 e. The number of hydrogen-bond donors (Lipinski definition) is 1. The lowest BCUT2D eigenvalue weighted by Crippen LogP contribution is -2.37. The summed E-state index contributed by atoms with van der Waals surface area (Å²) in [5.41, 5.74) is 0.573. The molecule has 1 aliphatic carbocycles. The molecule has 0 unspecified atom stereocenters. The number of likely N-dealkylation sites (tertiary alicyclic amines) is 1. The minimum Gasteiger partial charge on any atom is -0.313 e. The molecule has 0 aromatic heterocycles. The summed E-state index contributed by atoms with van der Waals surface area (Å²) in [6.07, 6.45) is 12.8. The monoisotopic (exact) mass is 266 g/mol. The quantitative estimate of drug-likeness (QED) is 0.778. The summed E-state index contributed by atoms with van der Waals surface area (Å²) in [5, 5.41) is 3.81. The maximum atomic E-state index is 3.81. The van der Waals surface area contributed by atoms with Crippen LogP contribution in [-0.2, 0) is 0 Å². The van der Waals surface area contributed by atoms with E-state index in [-0.39, 0.29) is 0 Å². The molecule has 1 N–H and O–H groups in total. The van der Waals surface area contributed by atoms with Crippen LogP contribution in [0.5, 0.6) is 0 Å². The van der Waals surface area contributed by atoms with Crippen LogP contribution in [0.1, 0.15) is 71.6 Å². The Kier molecular flexibility index (Phi) is 6.15. The summed E-state index contributed by atoms with van der Waals surface area (Å²) >= 11 is 0. The van der Waals surface area contributed by atoms with Gasteiger partial charge in [0.05, 0.1) is 0 Å². The van der Waals surface area contributed by atoms with Crippen LogP contribution in [0.2, 0.25) is 0 Å². The van der Waals surface area contributed by atoms with Gasteiger partial charge in [0, 0.05) is 19.1 Å². The predicted octanol–water partition coefficient (Wildman–Crippen LogP) is 3.81. The van der Waals surface area contributed by atoms with E-state index in [4.69, 9.17) is 0 Å². The van der Waals surface area contributed by atoms with Gasteiger partial charge < -0.3 is 10.2 Å². The van der Waals surface area contributed by atoms with E-state index >= 15 is 0 Å². The average molecular weight is 266 g/mol. The highest BCUT2D eigenvalue weighted by molar-refractivity contribution is 4.77. The Bertz CT molecular complexity index is 242. The second-order valence-corrected chi connectivity index (χ2v) is 7.50. The molecule has 19 heavy (non-hydrogen) atoms. The fourth-order valence-corrected chi connectivity index (χ4v) is 3.61. The van der Waals surface area contributed by atoms with Crippen molar-refractivity contribution in [2.24, 2.45) is 5.41 Å². The molecule has 112 valence electrons. The van der Waals surface area contributed by atoms with E-state index in [1.165, 1.54) is 84.0 Å². The average Bonchev–Trinajstić information content (AvgIpc) is 2.71. The van der Waals surface area contributed by atoms with Gasteiger partial charge in [0.1, 0.15) is 0 Å². The summed E-state index contributed by atoms with van der Waals surface area (Å²) < 4.78 is 0. The van der Waals surface area contributed by atoms with Gasteiger partial charge in [-0.1, -0.05) is 39.5 Å². The van der Waals surface area contributed by atoms with Crippen LogP contribution in [0.25, 0.3) is 0 Å². The molecule has 1 saturated heterocycles. The fourth-order valence-electron chi connectivity index (χ4n) is 3.61. The first-order valence-corrected chi connectivity index (χ1v) is 8.61. The molecular formula is C17H34N2. The number of nitrogens with zero attached hydrogens (tertiary/aromatic N) is 1. The van der Waals surface area contributed by atoms with E-state index in [9.17, 15) is 0 Å². The third-order valence-corrected chi connectivity index (χ3v) is 5.15. The molecule has 0 radical (unpaired) electrons. The molecule has 0 bridgehead atoms. The minimum atomic E-state index is 0.573. The van der Waals surface area contributed by atoms with Crippen molar-refractivity contribution in [1.82, 2.24) is 10.2 Å². The van der Waals surface area contributed by atoms with Gasteiger partial charge in [-0.15, -0.1) is 0 Å². The Balaban J connectivity index is 1.62. The molecule has 2 heteroatoms. The second kappa shape index (κ2) is 7.64. The fraction of sp³-hybridized carbons (Fsp3) is 1.00. The standard InChI is InChI=1S/C17H34N2/c1-17(2)10-7-13-19(14-11-17)15-12-18-16-8-5-3-4-6-9-16/h16,18H,3-15H2,1-2H3. The maximum Gasteiger partial charge on any atom is 0.0107 e. The Morgan fingerprint density at radius 1 is 0.947 bits per heavy atom. The van der Waals surface area contributed by atoms with Crippen LogP contribution in [0.4, 0.5) is 0 Å². The summed E-state index contributed by atoms with van der Waals surface area (Å²) in [5.74, 6) is 0. The third kappa shape index (κ3) is 5.83. The molecule has 2 rings (SSSR count). The van der Waals surface area contributed by atoms with Gasteiger partial charge in [-0.05, 0) is 50.6 Å². The van der Waals surface area contributed by atoms with Gasteiger partial charge in [0.15, 0.2) is 0 Å². The van der Waals surface area contributed by atoms with Gasteiger partial charge >= 0.3 is 0 Å². The first-order valence-electron chi connectivity index (χ1n) is 8.61. The molecule has 0 amide bonds. The first kappa shape index (κ1) is 15.3. The third-order valence-electron chi connectivity index (χ3n) is 5.15. The van der Waals surface area contributed by atoms with Crippen molar-refractivity contribution in [3.63, 3.8) is 0 Å². The Hall–Kier alpha value is -0.0800. The molecule has 0 aromatic rings. The lowest BCUT2D eigenvalue weighted by atomic mass is 9.85. The Morgan fingerprint density at radius 3 is 2.42 bits per heavy atom. The number of rotatable bonds is 4. The molecule has 1 heterocycles. The molecule has 2 nitrogen and oxygen atoms in total. The highest BCUT2D eigenvalue weighted by Crippen LogP contribution is 2.29. The molecule has 0 aromatic carbocycles. The summed E-state index contributed by atoms with van der Waals surface area (Å²) in [7, 11) is 0. The van der Waals surface area contributed by atoms with E-state index in [2.05, 4.69) is 24.1 Å². The van der Waals surface area contributed by atoms with Crippen molar-refractivity contribution in [3.05, 3.63) is 0 Å². The second-order valence-electron chi connectivity index (χ2n) is 7.50. The zero-order valence-electron chi connectivity index (χ0n) is 13.2. The largest absolute Gasteiger partial charge is 0.313 e. The SMILES string of the molecule is CC1(C)CCCN(CCNC2CCCCCC2)CC1. The normalized spacial score (nSPS) is 26.8. The Labute approximate surface area is 120 Å². The maximum absolute atomic E-state index is 3.81. The van der Waals surface area contributed by atoms with Crippen LogP contribution in [-0.4, -0.2) is 37.1 Å². The van der Waals surface area contributed by atoms with E-state index in [1.54, 1.807) is 0 Å². The van der Waals surface area contributed by atoms with Crippen molar-refractivity contribution in [3.8, 4) is 0 Å². The topological polar surface area (TPSA) is 15.3 Å². The summed E-state index contributed by atoms with van der Waals surface area (Å²) in [6, 6.07) is 0.811. The van der Waals surface area contributed by atoms with E-state index in [1.807, 2.05) is 0 Å². The van der Waals surface area contributed by atoms with E-state index in [0.29, 0.717) is 5.41 Å². The van der Waals surface area contributed by atoms with E-state index < -0.39 is 0 Å². The van der Waals surface area contributed by atoms with Crippen molar-refractivity contribution in [1.29, 1.82) is 0 Å². The van der Waals surface area contributed by atoms with Crippen LogP contribution in [0, 0.1) is 5.41 Å². The van der Waals surface area contributed by atoms with Crippen molar-refractivity contribution in [2.75, 3.05) is 26.2 Å². The molecule has 1 saturated carbocycles. The lowest BCUT2D eigenvalue weighted by Gasteiger charge is -2.24. The molecule has 2 aliphatic rings. The first-order chi connectivity index (χ1) is 9.16. The van der Waals surface area contributed by atoms with Gasteiger partial charge in [-0.2, -0.15) is 0 Å². The van der Waals surface area contributed by atoms with Gasteiger partial charge in [-0.3, -0.25) is 0 Å². The van der Waals surface area contributed by atoms with Crippen LogP contribution in [0.15, 0.2) is 0 Å². The van der Waals surface area contributed by atoms with Crippen molar-refractivity contribution >= 4 is 0 Å². The molecule has 1 aliphatic heterocycles. The summed E-state index contributed by atoms with van der Waals surface area (Å²) in [6.45, 7) is 9.94. The van der Waals surface area contributed by atoms with E-state index in [0.717, 1.165) is 6.04 Å². The molecule has 0 spiro atoms. The van der Waals surface area contributed by atoms with Crippen molar-refractivity contribution in [2.45, 2.75) is 77.7 Å². The lowest BCUT2D eigenvalue weighted by molar-refractivity contribution is 0.257. The summed E-state index contributed by atoms with van der Waals surface area (Å²) in [4.78, 5) is 2.68. The zero-order valence-corrected chi connectivity index (χ0v) is 13.2. The highest BCUT2D eigenvalue weighted by Gasteiger charge is 2.22. The van der Waals surface area contributed by atoms with Crippen LogP contribution >= 0.6 is 0 Å². The molecule has 0 atom stereocenters. The van der Waals surface area contributed by atoms with Crippen LogP contribution in [0.3, 0.4) is 0 Å². The zero-order chi connectivity index (χ0) is 13.6. The van der Waals surface area contributed by atoms with Crippen molar-refractivity contribution < 1.29 is 0 Å². The number of nitrogens with one attached hydrogen (secondary N) is 1. The van der Waals surface area contributed by atoms with Crippen LogP contribution < -0.4 is 5.32 Å².